The second-order valence-electron chi connectivity index (χ2n) is 4.29. The molecular weight excluding hydrogens is 264 g/mol. The number of aryl methyl sites for hydroxylation is 1. The van der Waals surface area contributed by atoms with Crippen LogP contribution in [0.2, 0.25) is 0 Å². The number of hydrogen-bond acceptors (Lipinski definition) is 3. The first-order valence-corrected chi connectivity index (χ1v) is 6.55. The van der Waals surface area contributed by atoms with Crippen LogP contribution in [0.3, 0.4) is 0 Å². The highest BCUT2D eigenvalue weighted by molar-refractivity contribution is 5.89. The van der Waals surface area contributed by atoms with Crippen molar-refractivity contribution in [2.75, 3.05) is 13.7 Å². The van der Waals surface area contributed by atoms with Gasteiger partial charge >= 0.3 is 5.97 Å². The molecule has 0 unspecified atom stereocenters. The molecule has 3 nitrogen and oxygen atoms in total. The van der Waals surface area contributed by atoms with E-state index in [2.05, 4.69) is 13.2 Å². The Bertz CT molecular complexity index is 580. The van der Waals surface area contributed by atoms with Gasteiger partial charge in [-0.2, -0.15) is 0 Å². The smallest absolute Gasteiger partial charge is 0.337 e. The number of carbonyl (C=O) groups is 1. The summed E-state index contributed by atoms with van der Waals surface area (Å²) < 4.78 is 10.4. The quantitative estimate of drug-likeness (QED) is 0.560. The second-order valence-corrected chi connectivity index (χ2v) is 4.29. The third-order valence-corrected chi connectivity index (χ3v) is 2.80. The molecule has 21 heavy (non-hydrogen) atoms. The number of benzene rings is 1. The van der Waals surface area contributed by atoms with Gasteiger partial charge in [0.25, 0.3) is 0 Å². The molecule has 0 heterocycles. The fourth-order valence-electron chi connectivity index (χ4n) is 1.65. The third-order valence-electron chi connectivity index (χ3n) is 2.80. The van der Waals surface area contributed by atoms with Gasteiger partial charge in [-0.3, -0.25) is 0 Å². The lowest BCUT2D eigenvalue weighted by Crippen LogP contribution is -2.03. The lowest BCUT2D eigenvalue weighted by molar-refractivity contribution is 0.0600. The van der Waals surface area contributed by atoms with Crippen molar-refractivity contribution in [3.8, 4) is 5.75 Å². The summed E-state index contributed by atoms with van der Waals surface area (Å²) in [7, 11) is 1.36. The first-order chi connectivity index (χ1) is 10.1. The summed E-state index contributed by atoms with van der Waals surface area (Å²) in [6.45, 7) is 9.67. The van der Waals surface area contributed by atoms with Gasteiger partial charge < -0.3 is 9.47 Å². The molecule has 0 aromatic heterocycles. The largest absolute Gasteiger partial charge is 0.489 e. The normalized spacial score (nSPS) is 11.2. The predicted octanol–water partition coefficient (Wildman–Crippen LogP) is 4.02. The zero-order valence-electron chi connectivity index (χ0n) is 12.5. The van der Waals surface area contributed by atoms with Crippen LogP contribution < -0.4 is 4.74 Å². The minimum atomic E-state index is -0.377. The molecule has 0 aliphatic heterocycles. The SMILES string of the molecule is C=C/C=C(C=C)/C=C/COc1cc(C(=O)OC)ccc1C. The molecule has 0 atom stereocenters. The molecule has 0 spiro atoms. The summed E-state index contributed by atoms with van der Waals surface area (Å²) >= 11 is 0. The van der Waals surface area contributed by atoms with E-state index >= 15 is 0 Å². The summed E-state index contributed by atoms with van der Waals surface area (Å²) in [6.07, 6.45) is 9.07. The zero-order valence-corrected chi connectivity index (χ0v) is 12.5. The summed E-state index contributed by atoms with van der Waals surface area (Å²) in [4.78, 5) is 11.5. The van der Waals surface area contributed by atoms with Gasteiger partial charge in [0, 0.05) is 0 Å². The van der Waals surface area contributed by atoms with E-state index in [-0.39, 0.29) is 5.97 Å². The van der Waals surface area contributed by atoms with Gasteiger partial charge in [0.1, 0.15) is 12.4 Å². The zero-order chi connectivity index (χ0) is 15.7. The Morgan fingerprint density at radius 1 is 1.33 bits per heavy atom. The van der Waals surface area contributed by atoms with Crippen LogP contribution in [-0.2, 0) is 4.74 Å². The molecule has 3 heteroatoms. The van der Waals surface area contributed by atoms with Crippen molar-refractivity contribution in [1.29, 1.82) is 0 Å². The van der Waals surface area contributed by atoms with E-state index in [1.807, 2.05) is 31.2 Å². The highest BCUT2D eigenvalue weighted by Crippen LogP contribution is 2.20. The van der Waals surface area contributed by atoms with E-state index in [0.29, 0.717) is 17.9 Å². The molecule has 0 radical (unpaired) electrons. The van der Waals surface area contributed by atoms with Gasteiger partial charge in [0.2, 0.25) is 0 Å². The molecule has 0 saturated heterocycles. The summed E-state index contributed by atoms with van der Waals surface area (Å²) in [6, 6.07) is 5.23. The van der Waals surface area contributed by atoms with Crippen LogP contribution in [0, 0.1) is 6.92 Å². The van der Waals surface area contributed by atoms with Crippen LogP contribution in [0.1, 0.15) is 15.9 Å². The number of allylic oxidation sites excluding steroid dienone is 5. The number of rotatable bonds is 7. The summed E-state index contributed by atoms with van der Waals surface area (Å²) in [5.74, 6) is 0.286. The van der Waals surface area contributed by atoms with Crippen LogP contribution >= 0.6 is 0 Å². The van der Waals surface area contributed by atoms with Gasteiger partial charge in [0.15, 0.2) is 0 Å². The summed E-state index contributed by atoms with van der Waals surface area (Å²) in [5, 5.41) is 0. The highest BCUT2D eigenvalue weighted by Gasteiger charge is 2.08. The molecule has 1 aromatic carbocycles. The van der Waals surface area contributed by atoms with Gasteiger partial charge in [-0.25, -0.2) is 4.79 Å². The van der Waals surface area contributed by atoms with Gasteiger partial charge in [-0.1, -0.05) is 43.5 Å². The van der Waals surface area contributed by atoms with Crippen LogP contribution in [-0.4, -0.2) is 19.7 Å². The Labute approximate surface area is 125 Å². The number of esters is 1. The van der Waals surface area contributed by atoms with E-state index in [1.165, 1.54) is 7.11 Å². The molecule has 110 valence electrons. The number of methoxy groups -OCH3 is 1. The lowest BCUT2D eigenvalue weighted by Gasteiger charge is -2.08. The minimum Gasteiger partial charge on any atom is -0.489 e. The molecule has 0 aliphatic carbocycles. The molecule has 1 rings (SSSR count). The van der Waals surface area contributed by atoms with Crippen LogP contribution in [0.15, 0.2) is 67.3 Å². The third kappa shape index (κ3) is 5.15. The maximum Gasteiger partial charge on any atom is 0.337 e. The van der Waals surface area contributed by atoms with Gasteiger partial charge in [0.05, 0.1) is 12.7 Å². The van der Waals surface area contributed by atoms with Crippen LogP contribution in [0.25, 0.3) is 0 Å². The van der Waals surface area contributed by atoms with E-state index in [4.69, 9.17) is 9.47 Å². The minimum absolute atomic E-state index is 0.377. The van der Waals surface area contributed by atoms with Crippen molar-refractivity contribution in [3.05, 3.63) is 78.4 Å². The molecule has 0 aliphatic rings. The van der Waals surface area contributed by atoms with Gasteiger partial charge in [-0.05, 0) is 36.3 Å². The molecular formula is C18H20O3. The first-order valence-electron chi connectivity index (χ1n) is 6.55. The number of ether oxygens (including phenoxy) is 2. The fourth-order valence-corrected chi connectivity index (χ4v) is 1.65. The molecule has 0 saturated carbocycles. The van der Waals surface area contributed by atoms with Crippen molar-refractivity contribution in [3.63, 3.8) is 0 Å². The lowest BCUT2D eigenvalue weighted by atomic mass is 10.1. The maximum absolute atomic E-state index is 11.5. The maximum atomic E-state index is 11.5. The standard InChI is InChI=1S/C18H20O3/c1-5-8-15(6-2)9-7-12-21-17-13-16(18(19)20-4)11-10-14(17)3/h5-11,13H,1-2,12H2,3-4H3/b9-7+,15-8+. The Morgan fingerprint density at radius 3 is 2.71 bits per heavy atom. The Morgan fingerprint density at radius 2 is 2.10 bits per heavy atom. The molecule has 0 bridgehead atoms. The average Bonchev–Trinajstić information content (AvgIpc) is 2.51. The number of hydrogen-bond donors (Lipinski definition) is 0. The van der Waals surface area contributed by atoms with E-state index < -0.39 is 0 Å². The van der Waals surface area contributed by atoms with E-state index in [1.54, 1.807) is 24.3 Å². The van der Waals surface area contributed by atoms with Crippen LogP contribution in [0.5, 0.6) is 5.75 Å². The molecule has 0 amide bonds. The average molecular weight is 284 g/mol. The molecule has 0 fully saturated rings. The van der Waals surface area contributed by atoms with Crippen molar-refractivity contribution in [1.82, 2.24) is 0 Å². The molecule has 1 aromatic rings. The van der Waals surface area contributed by atoms with Crippen molar-refractivity contribution in [2.45, 2.75) is 6.92 Å². The Hall–Kier alpha value is -2.55. The monoisotopic (exact) mass is 284 g/mol. The van der Waals surface area contributed by atoms with Gasteiger partial charge in [-0.15, -0.1) is 0 Å². The topological polar surface area (TPSA) is 35.5 Å². The first kappa shape index (κ1) is 16.5. The Balaban J connectivity index is 2.73. The van der Waals surface area contributed by atoms with Crippen molar-refractivity contribution < 1.29 is 14.3 Å². The van der Waals surface area contributed by atoms with Crippen LogP contribution in [0.4, 0.5) is 0 Å². The van der Waals surface area contributed by atoms with Crippen molar-refractivity contribution >= 4 is 5.97 Å². The Kier molecular flexibility index (Phi) is 6.75. The van der Waals surface area contributed by atoms with E-state index in [0.717, 1.165) is 11.1 Å². The van der Waals surface area contributed by atoms with E-state index in [9.17, 15) is 4.79 Å². The molecule has 0 N–H and O–H groups in total. The summed E-state index contributed by atoms with van der Waals surface area (Å²) in [5.41, 5.74) is 2.38. The van der Waals surface area contributed by atoms with Crippen molar-refractivity contribution in [2.24, 2.45) is 0 Å². The second kappa shape index (κ2) is 8.59. The highest BCUT2D eigenvalue weighted by atomic mass is 16.5. The fraction of sp³-hybridized carbons (Fsp3) is 0.167. The number of carbonyl (C=O) groups excluding carboxylic acids is 1. The predicted molar refractivity (Wildman–Crippen MR) is 85.6 cm³/mol.